The van der Waals surface area contributed by atoms with Gasteiger partial charge in [0.25, 0.3) is 5.91 Å². The van der Waals surface area contributed by atoms with Crippen molar-refractivity contribution in [3.8, 4) is 5.75 Å². The van der Waals surface area contributed by atoms with Crippen molar-refractivity contribution in [3.63, 3.8) is 0 Å². The van der Waals surface area contributed by atoms with Crippen LogP contribution in [0.15, 0.2) is 54.6 Å². The van der Waals surface area contributed by atoms with Gasteiger partial charge in [0.1, 0.15) is 5.75 Å². The van der Waals surface area contributed by atoms with Gasteiger partial charge in [-0.05, 0) is 29.8 Å². The van der Waals surface area contributed by atoms with Gasteiger partial charge in [-0.3, -0.25) is 14.6 Å². The predicted molar refractivity (Wildman–Crippen MR) is 126 cm³/mol. The summed E-state index contributed by atoms with van der Waals surface area (Å²) in [6, 6.07) is 17.3. The Hall–Kier alpha value is -2.49. The number of nitrogens with one attached hydrogen (secondary N) is 1. The molecular weight excluding hydrogens is 422 g/mol. The Balaban J connectivity index is 1.38. The second-order valence-electron chi connectivity index (χ2n) is 8.03. The molecule has 0 bridgehead atoms. The van der Waals surface area contributed by atoms with Gasteiger partial charge in [0, 0.05) is 51.9 Å². The Morgan fingerprint density at radius 3 is 2.42 bits per heavy atom. The second kappa shape index (κ2) is 13.9. The maximum absolute atomic E-state index is 12.5. The number of carbonyl (C=O) groups is 1. The molecule has 0 saturated carbocycles. The van der Waals surface area contributed by atoms with Crippen LogP contribution in [0.5, 0.6) is 5.75 Å². The van der Waals surface area contributed by atoms with Crippen LogP contribution in [0.3, 0.4) is 0 Å². The first-order valence-electron chi connectivity index (χ1n) is 11.4. The van der Waals surface area contributed by atoms with Gasteiger partial charge in [-0.25, -0.2) is 0 Å². The van der Waals surface area contributed by atoms with Gasteiger partial charge in [0.15, 0.2) is 6.79 Å². The molecule has 1 amide bonds. The summed E-state index contributed by atoms with van der Waals surface area (Å²) in [4.78, 5) is 17.2. The lowest BCUT2D eigenvalue weighted by Gasteiger charge is -2.38. The fourth-order valence-corrected chi connectivity index (χ4v) is 3.76. The molecule has 8 heteroatoms. The van der Waals surface area contributed by atoms with Crippen LogP contribution in [0, 0.1) is 0 Å². The van der Waals surface area contributed by atoms with Gasteiger partial charge >= 0.3 is 0 Å². The van der Waals surface area contributed by atoms with Crippen molar-refractivity contribution in [3.05, 3.63) is 65.7 Å². The molecule has 0 aliphatic carbocycles. The van der Waals surface area contributed by atoms with E-state index in [1.54, 1.807) is 31.4 Å². The van der Waals surface area contributed by atoms with Crippen LogP contribution in [0.1, 0.15) is 15.9 Å². The number of benzene rings is 2. The van der Waals surface area contributed by atoms with Gasteiger partial charge < -0.3 is 24.6 Å². The highest BCUT2D eigenvalue weighted by atomic mass is 16.7. The molecule has 1 aliphatic heterocycles. The molecule has 0 spiro atoms. The molecule has 180 valence electrons. The maximum atomic E-state index is 12.5. The Morgan fingerprint density at radius 2 is 1.76 bits per heavy atom. The van der Waals surface area contributed by atoms with Crippen LogP contribution in [0.2, 0.25) is 0 Å². The summed E-state index contributed by atoms with van der Waals surface area (Å²) in [6.45, 7) is 6.07. The summed E-state index contributed by atoms with van der Waals surface area (Å²) in [5, 5.41) is 12.8. The van der Waals surface area contributed by atoms with Crippen LogP contribution in [0.25, 0.3) is 0 Å². The van der Waals surface area contributed by atoms with Crippen LogP contribution in [-0.2, 0) is 16.0 Å². The van der Waals surface area contributed by atoms with E-state index in [0.717, 1.165) is 32.7 Å². The zero-order valence-electron chi connectivity index (χ0n) is 19.3. The average molecular weight is 458 g/mol. The van der Waals surface area contributed by atoms with E-state index >= 15 is 0 Å². The topological polar surface area (TPSA) is 83.5 Å². The average Bonchev–Trinajstić information content (AvgIpc) is 2.86. The van der Waals surface area contributed by atoms with Gasteiger partial charge in [-0.1, -0.05) is 30.3 Å². The first-order valence-corrected chi connectivity index (χ1v) is 11.4. The third-order valence-electron chi connectivity index (χ3n) is 5.74. The molecule has 2 aromatic rings. The summed E-state index contributed by atoms with van der Waals surface area (Å²) in [6.07, 6.45) is 0. The summed E-state index contributed by atoms with van der Waals surface area (Å²) >= 11 is 0. The van der Waals surface area contributed by atoms with E-state index in [0.29, 0.717) is 31.1 Å². The van der Waals surface area contributed by atoms with Crippen LogP contribution < -0.4 is 10.1 Å². The molecule has 1 atom stereocenters. The molecule has 0 unspecified atom stereocenters. The monoisotopic (exact) mass is 457 g/mol. The first-order chi connectivity index (χ1) is 16.2. The van der Waals surface area contributed by atoms with Crippen molar-refractivity contribution >= 4 is 5.91 Å². The molecule has 3 rings (SSSR count). The minimum Gasteiger partial charge on any atom is -0.468 e. The quantitative estimate of drug-likeness (QED) is 0.349. The molecule has 2 aromatic carbocycles. The van der Waals surface area contributed by atoms with Crippen molar-refractivity contribution in [2.45, 2.75) is 12.6 Å². The number of hydrogen-bond acceptors (Lipinski definition) is 7. The molecule has 0 aromatic heterocycles. The van der Waals surface area contributed by atoms with Gasteiger partial charge in [0.05, 0.1) is 25.9 Å². The fraction of sp³-hybridized carbons (Fsp3) is 0.480. The summed E-state index contributed by atoms with van der Waals surface area (Å²) in [5.41, 5.74) is 1.86. The molecular formula is C25H35N3O5. The van der Waals surface area contributed by atoms with Gasteiger partial charge in [-0.2, -0.15) is 0 Å². The van der Waals surface area contributed by atoms with E-state index < -0.39 is 0 Å². The van der Waals surface area contributed by atoms with E-state index in [9.17, 15) is 9.90 Å². The highest BCUT2D eigenvalue weighted by Gasteiger charge is 2.24. The zero-order valence-corrected chi connectivity index (χ0v) is 19.3. The molecule has 8 nitrogen and oxygen atoms in total. The molecule has 1 heterocycles. The first kappa shape index (κ1) is 25.1. The van der Waals surface area contributed by atoms with Crippen molar-refractivity contribution in [1.82, 2.24) is 15.1 Å². The van der Waals surface area contributed by atoms with Crippen molar-refractivity contribution in [2.24, 2.45) is 0 Å². The highest BCUT2D eigenvalue weighted by Crippen LogP contribution is 2.13. The number of rotatable bonds is 13. The Bertz CT molecular complexity index is 811. The number of aliphatic hydroxyl groups excluding tert-OH is 1. The summed E-state index contributed by atoms with van der Waals surface area (Å²) in [5.74, 6) is 0.463. The predicted octanol–water partition coefficient (Wildman–Crippen LogP) is 1.59. The largest absolute Gasteiger partial charge is 0.468 e. The molecule has 1 saturated heterocycles. The number of aliphatic hydroxyl groups is 1. The standard InChI is InChI=1S/C25H35N3O5/c1-31-15-16-32-20-33-24-9-7-22(8-10-24)25(30)26-17-23(19-29)28-13-11-27(12-14-28)18-21-5-3-2-4-6-21/h2-10,23,29H,11-20H2,1H3,(H,26,30)/t23-/m0/s1. The number of carbonyl (C=O) groups excluding carboxylic acids is 1. The van der Waals surface area contributed by atoms with E-state index in [4.69, 9.17) is 14.2 Å². The van der Waals surface area contributed by atoms with Gasteiger partial charge in [-0.15, -0.1) is 0 Å². The number of piperazine rings is 1. The minimum atomic E-state index is -0.168. The summed E-state index contributed by atoms with van der Waals surface area (Å²) < 4.78 is 15.6. The number of ether oxygens (including phenoxy) is 3. The van der Waals surface area contributed by atoms with E-state index in [-0.39, 0.29) is 25.3 Å². The zero-order chi connectivity index (χ0) is 23.3. The van der Waals surface area contributed by atoms with Crippen LogP contribution in [0.4, 0.5) is 0 Å². The van der Waals surface area contributed by atoms with Crippen molar-refractivity contribution < 1.29 is 24.1 Å². The lowest BCUT2D eigenvalue weighted by molar-refractivity contribution is -0.00847. The smallest absolute Gasteiger partial charge is 0.251 e. The maximum Gasteiger partial charge on any atom is 0.251 e. The highest BCUT2D eigenvalue weighted by molar-refractivity contribution is 5.94. The van der Waals surface area contributed by atoms with Crippen LogP contribution in [-0.4, -0.2) is 93.3 Å². The van der Waals surface area contributed by atoms with Crippen LogP contribution >= 0.6 is 0 Å². The molecule has 0 radical (unpaired) electrons. The van der Waals surface area contributed by atoms with Crippen molar-refractivity contribution in [1.29, 1.82) is 0 Å². The number of methoxy groups -OCH3 is 1. The van der Waals surface area contributed by atoms with E-state index in [1.807, 2.05) is 6.07 Å². The Labute approximate surface area is 196 Å². The fourth-order valence-electron chi connectivity index (χ4n) is 3.76. The number of amides is 1. The van der Waals surface area contributed by atoms with Crippen molar-refractivity contribution in [2.75, 3.05) is 66.4 Å². The number of nitrogens with zero attached hydrogens (tertiary/aromatic N) is 2. The molecule has 33 heavy (non-hydrogen) atoms. The second-order valence-corrected chi connectivity index (χ2v) is 8.03. The molecule has 1 fully saturated rings. The third kappa shape index (κ3) is 8.42. The molecule has 1 aliphatic rings. The lowest BCUT2D eigenvalue weighted by Crippen LogP contribution is -2.54. The van der Waals surface area contributed by atoms with E-state index in [1.165, 1.54) is 5.56 Å². The third-order valence-corrected chi connectivity index (χ3v) is 5.74. The Kier molecular flexibility index (Phi) is 10.6. The SMILES string of the molecule is COCCOCOc1ccc(C(=O)NC[C@@H](CO)N2CCN(Cc3ccccc3)CC2)cc1. The lowest BCUT2D eigenvalue weighted by atomic mass is 10.1. The van der Waals surface area contributed by atoms with Gasteiger partial charge in [0.2, 0.25) is 0 Å². The Morgan fingerprint density at radius 1 is 1.03 bits per heavy atom. The summed E-state index contributed by atoms with van der Waals surface area (Å²) in [7, 11) is 1.61. The van der Waals surface area contributed by atoms with E-state index in [2.05, 4.69) is 39.4 Å². The number of hydrogen-bond donors (Lipinski definition) is 2. The normalized spacial score (nSPS) is 15.8. The molecule has 2 N–H and O–H groups in total. The minimum absolute atomic E-state index is 0.00874.